The van der Waals surface area contributed by atoms with Gasteiger partial charge in [0, 0.05) is 30.8 Å². The Labute approximate surface area is 100 Å². The quantitative estimate of drug-likeness (QED) is 0.660. The third-order valence-corrected chi connectivity index (χ3v) is 3.26. The Bertz CT molecular complexity index is 416. The summed E-state index contributed by atoms with van der Waals surface area (Å²) in [5.74, 6) is 0.839. The van der Waals surface area contributed by atoms with E-state index < -0.39 is 0 Å². The van der Waals surface area contributed by atoms with Crippen molar-refractivity contribution in [3.05, 3.63) is 23.3 Å². The lowest BCUT2D eigenvalue weighted by Crippen LogP contribution is -2.39. The topological polar surface area (TPSA) is 54.5 Å². The fraction of sp³-hybridized carbons (Fsp3) is 0.500. The minimum absolute atomic E-state index is 0.160. The van der Waals surface area contributed by atoms with Crippen molar-refractivity contribution in [2.24, 2.45) is 0 Å². The maximum absolute atomic E-state index is 5.17. The van der Waals surface area contributed by atoms with E-state index in [9.17, 15) is 0 Å². The number of hydrogen-bond donors (Lipinski definition) is 3. The molecule has 5 heteroatoms. The van der Waals surface area contributed by atoms with Crippen LogP contribution in [0.1, 0.15) is 11.1 Å². The first-order chi connectivity index (χ1) is 8.34. The molecule has 1 aromatic carbocycles. The predicted octanol–water partition coefficient (Wildman–Crippen LogP) is 0.750. The highest BCUT2D eigenvalue weighted by molar-refractivity contribution is 5.59. The molecule has 0 atom stereocenters. The second-order valence-electron chi connectivity index (χ2n) is 4.36. The van der Waals surface area contributed by atoms with Gasteiger partial charge in [0.25, 0.3) is 0 Å². The van der Waals surface area contributed by atoms with Crippen molar-refractivity contribution in [3.63, 3.8) is 0 Å². The van der Waals surface area contributed by atoms with E-state index in [-0.39, 0.29) is 6.29 Å². The molecule has 0 aliphatic carbocycles. The normalized spacial score (nSPS) is 19.8. The molecule has 0 spiro atoms. The molecule has 2 aliphatic rings. The summed E-state index contributed by atoms with van der Waals surface area (Å²) in [6.07, 6.45) is 1.06. The molecule has 0 amide bonds. The van der Waals surface area contributed by atoms with Crippen molar-refractivity contribution < 1.29 is 9.78 Å². The number of hydrogen-bond acceptors (Lipinski definition) is 5. The van der Waals surface area contributed by atoms with E-state index >= 15 is 0 Å². The van der Waals surface area contributed by atoms with Gasteiger partial charge in [-0.2, -0.15) is 4.89 Å². The molecule has 17 heavy (non-hydrogen) atoms. The number of rotatable bonds is 2. The van der Waals surface area contributed by atoms with Crippen LogP contribution in [0.2, 0.25) is 0 Å². The zero-order chi connectivity index (χ0) is 11.7. The largest absolute Gasteiger partial charge is 0.357 e. The van der Waals surface area contributed by atoms with E-state index in [1.54, 1.807) is 0 Å². The molecule has 0 unspecified atom stereocenters. The second kappa shape index (κ2) is 4.52. The number of fused-ring (bicyclic) bond motifs is 1. The van der Waals surface area contributed by atoms with Gasteiger partial charge >= 0.3 is 0 Å². The van der Waals surface area contributed by atoms with Crippen LogP contribution >= 0.6 is 0 Å². The van der Waals surface area contributed by atoms with Gasteiger partial charge < -0.3 is 10.2 Å². The summed E-state index contributed by atoms with van der Waals surface area (Å²) in [5, 5.41) is 10.1. The Hall–Kier alpha value is -1.30. The van der Waals surface area contributed by atoms with E-state index in [1.807, 2.05) is 12.1 Å². The van der Waals surface area contributed by atoms with E-state index in [4.69, 9.17) is 9.78 Å². The molecule has 1 aromatic rings. The van der Waals surface area contributed by atoms with E-state index in [1.165, 1.54) is 11.1 Å². The van der Waals surface area contributed by atoms with Gasteiger partial charge in [-0.25, -0.2) is 0 Å². The molecule has 2 aliphatic heterocycles. The van der Waals surface area contributed by atoms with Crippen LogP contribution in [-0.4, -0.2) is 26.0 Å². The summed E-state index contributed by atoms with van der Waals surface area (Å²) in [5.41, 5.74) is 3.61. The van der Waals surface area contributed by atoms with Crippen LogP contribution in [0.25, 0.3) is 0 Å². The van der Waals surface area contributed by atoms with Crippen LogP contribution in [-0.2, 0) is 11.3 Å². The van der Waals surface area contributed by atoms with Gasteiger partial charge in [0.2, 0.25) is 0 Å². The molecule has 0 bridgehead atoms. The van der Waals surface area contributed by atoms with Gasteiger partial charge in [0.15, 0.2) is 5.75 Å². The standard InChI is InChI=1S/C12H17N3O2/c1-8-9-4-7-16-17-11(9)3-2-10(8)15-12-13-5-6-14-12/h2-3,12-15H,4-7H2,1H3. The highest BCUT2D eigenvalue weighted by atomic mass is 17.2. The molecule has 3 N–H and O–H groups in total. The van der Waals surface area contributed by atoms with Gasteiger partial charge in [-0.15, -0.1) is 0 Å². The zero-order valence-electron chi connectivity index (χ0n) is 9.88. The van der Waals surface area contributed by atoms with Gasteiger partial charge in [0.05, 0.1) is 6.61 Å². The van der Waals surface area contributed by atoms with Gasteiger partial charge in [-0.1, -0.05) is 0 Å². The highest BCUT2D eigenvalue weighted by Gasteiger charge is 2.18. The first kappa shape index (κ1) is 10.8. The maximum Gasteiger partial charge on any atom is 0.169 e. The molecular weight excluding hydrogens is 218 g/mol. The lowest BCUT2D eigenvalue weighted by molar-refractivity contribution is -0.215. The van der Waals surface area contributed by atoms with Gasteiger partial charge in [-0.05, 0) is 24.6 Å². The van der Waals surface area contributed by atoms with Crippen molar-refractivity contribution in [2.75, 3.05) is 25.0 Å². The van der Waals surface area contributed by atoms with Crippen LogP contribution in [0.3, 0.4) is 0 Å². The summed E-state index contributed by atoms with van der Waals surface area (Å²) >= 11 is 0. The molecule has 1 saturated heterocycles. The molecule has 3 rings (SSSR count). The Morgan fingerprint density at radius 1 is 1.29 bits per heavy atom. The Morgan fingerprint density at radius 3 is 2.94 bits per heavy atom. The van der Waals surface area contributed by atoms with Crippen LogP contribution in [0.5, 0.6) is 5.75 Å². The van der Waals surface area contributed by atoms with Crippen LogP contribution in [0.4, 0.5) is 5.69 Å². The van der Waals surface area contributed by atoms with E-state index in [0.717, 1.165) is 30.9 Å². The van der Waals surface area contributed by atoms with Crippen molar-refractivity contribution in [2.45, 2.75) is 19.6 Å². The smallest absolute Gasteiger partial charge is 0.169 e. The van der Waals surface area contributed by atoms with Gasteiger partial charge in [-0.3, -0.25) is 10.6 Å². The molecule has 0 saturated carbocycles. The first-order valence-electron chi connectivity index (χ1n) is 6.00. The number of benzene rings is 1. The molecule has 0 aromatic heterocycles. The summed E-state index contributed by atoms with van der Waals surface area (Å²) in [6.45, 7) is 4.74. The van der Waals surface area contributed by atoms with Crippen molar-refractivity contribution in [3.8, 4) is 5.75 Å². The van der Waals surface area contributed by atoms with Crippen molar-refractivity contribution >= 4 is 5.69 Å². The first-order valence-corrected chi connectivity index (χ1v) is 6.00. The summed E-state index contributed by atoms with van der Waals surface area (Å²) in [7, 11) is 0. The zero-order valence-corrected chi connectivity index (χ0v) is 9.88. The fourth-order valence-electron chi connectivity index (χ4n) is 2.29. The minimum Gasteiger partial charge on any atom is -0.357 e. The number of anilines is 1. The highest BCUT2D eigenvalue weighted by Crippen LogP contribution is 2.31. The fourth-order valence-corrected chi connectivity index (χ4v) is 2.29. The lowest BCUT2D eigenvalue weighted by Gasteiger charge is -2.22. The third-order valence-electron chi connectivity index (χ3n) is 3.26. The Kier molecular flexibility index (Phi) is 2.88. The lowest BCUT2D eigenvalue weighted by atomic mass is 10.0. The Balaban J connectivity index is 1.84. The minimum atomic E-state index is 0.160. The molecule has 92 valence electrons. The van der Waals surface area contributed by atoms with Crippen LogP contribution in [0.15, 0.2) is 12.1 Å². The summed E-state index contributed by atoms with van der Waals surface area (Å²) in [4.78, 5) is 10.1. The summed E-state index contributed by atoms with van der Waals surface area (Å²) in [6, 6.07) is 3.99. The average molecular weight is 235 g/mol. The second-order valence-corrected chi connectivity index (χ2v) is 4.36. The van der Waals surface area contributed by atoms with Gasteiger partial charge in [0.1, 0.15) is 6.29 Å². The Morgan fingerprint density at radius 2 is 2.12 bits per heavy atom. The van der Waals surface area contributed by atoms with Crippen LogP contribution < -0.4 is 20.8 Å². The van der Waals surface area contributed by atoms with E-state index in [2.05, 4.69) is 22.9 Å². The molecular formula is C12H17N3O2. The molecule has 5 nitrogen and oxygen atoms in total. The third kappa shape index (κ3) is 2.09. The molecule has 0 radical (unpaired) electrons. The van der Waals surface area contributed by atoms with Crippen molar-refractivity contribution in [1.29, 1.82) is 0 Å². The maximum atomic E-state index is 5.17. The summed E-state index contributed by atoms with van der Waals surface area (Å²) < 4.78 is 0. The predicted molar refractivity (Wildman–Crippen MR) is 64.9 cm³/mol. The van der Waals surface area contributed by atoms with Crippen LogP contribution in [0, 0.1) is 6.92 Å². The van der Waals surface area contributed by atoms with Crippen molar-refractivity contribution in [1.82, 2.24) is 10.6 Å². The molecule has 2 heterocycles. The monoisotopic (exact) mass is 235 g/mol. The average Bonchev–Trinajstić information content (AvgIpc) is 2.86. The van der Waals surface area contributed by atoms with E-state index in [0.29, 0.717) is 6.61 Å². The molecule has 1 fully saturated rings. The SMILES string of the molecule is Cc1c(NC2NCCN2)ccc2c1CCOO2. The number of nitrogens with one attached hydrogen (secondary N) is 3.